The smallest absolute Gasteiger partial charge is 0.472 e. The highest BCUT2D eigenvalue weighted by atomic mass is 31.2. The number of nitrogens with one attached hydrogen (secondary N) is 1. The number of hydrogen-bond acceptors (Lipinski definition) is 8. The lowest BCUT2D eigenvalue weighted by Crippen LogP contribution is -2.43. The number of phosphoric acid groups is 1. The van der Waals surface area contributed by atoms with Crippen LogP contribution >= 0.6 is 7.82 Å². The van der Waals surface area contributed by atoms with Crippen molar-refractivity contribution in [3.8, 4) is 0 Å². The molecule has 0 fully saturated rings. The summed E-state index contributed by atoms with van der Waals surface area (Å²) in [5.41, 5.74) is 0. The average Bonchev–Trinajstić information content (AvgIpc) is 3.13. The number of unbranched alkanes of at least 4 members (excludes halogenated alkanes) is 18. The fourth-order valence-electron chi connectivity index (χ4n) is 5.44. The highest BCUT2D eigenvalue weighted by Gasteiger charge is 2.28. The number of carboxylic acid groups (broad SMARTS) is 1. The van der Waals surface area contributed by atoms with E-state index in [0.29, 0.717) is 12.8 Å². The number of ether oxygens (including phenoxy) is 1. The number of amides is 1. The minimum Gasteiger partial charge on any atom is -0.480 e. The molecule has 53 heavy (non-hydrogen) atoms. The molecule has 0 rings (SSSR count). The minimum atomic E-state index is -4.74. The fourth-order valence-corrected chi connectivity index (χ4v) is 6.21. The van der Waals surface area contributed by atoms with Crippen LogP contribution in [0, 0.1) is 0 Å². The van der Waals surface area contributed by atoms with Gasteiger partial charge in [-0.2, -0.15) is 0 Å². The van der Waals surface area contributed by atoms with Crippen LogP contribution in [-0.2, 0) is 32.7 Å². The summed E-state index contributed by atoms with van der Waals surface area (Å²) in [6, 6.07) is -1.54. The van der Waals surface area contributed by atoms with E-state index in [9.17, 15) is 34.1 Å². The molecule has 308 valence electrons. The molecule has 0 radical (unpaired) electrons. The molecular weight excluding hydrogens is 697 g/mol. The normalized spacial score (nSPS) is 14.2. The molecule has 4 N–H and O–H groups in total. The molecule has 0 spiro atoms. The van der Waals surface area contributed by atoms with Crippen molar-refractivity contribution in [1.82, 2.24) is 5.32 Å². The third-order valence-corrected chi connectivity index (χ3v) is 9.63. The second kappa shape index (κ2) is 36.7. The van der Waals surface area contributed by atoms with Crippen LogP contribution in [0.2, 0.25) is 0 Å². The lowest BCUT2D eigenvalue weighted by atomic mass is 10.1. The Hall–Kier alpha value is -2.30. The largest absolute Gasteiger partial charge is 0.480 e. The van der Waals surface area contributed by atoms with E-state index in [2.05, 4.69) is 55.6 Å². The molecule has 0 saturated carbocycles. The van der Waals surface area contributed by atoms with Crippen molar-refractivity contribution in [3.05, 3.63) is 36.5 Å². The molecule has 0 aliphatic carbocycles. The Morgan fingerprint density at radius 1 is 0.604 bits per heavy atom. The molecular formula is C41H74NO10P. The molecule has 12 heteroatoms. The monoisotopic (exact) mass is 772 g/mol. The maximum Gasteiger partial charge on any atom is 0.472 e. The van der Waals surface area contributed by atoms with Gasteiger partial charge in [0.15, 0.2) is 6.04 Å². The predicted molar refractivity (Wildman–Crippen MR) is 212 cm³/mol. The Bertz CT molecular complexity index is 1050. The van der Waals surface area contributed by atoms with Crippen LogP contribution in [-0.4, -0.2) is 64.9 Å². The topological polar surface area (TPSA) is 169 Å². The number of esters is 1. The Morgan fingerprint density at radius 3 is 1.58 bits per heavy atom. The Morgan fingerprint density at radius 2 is 1.04 bits per heavy atom. The number of aliphatic hydroxyl groups is 1. The van der Waals surface area contributed by atoms with Gasteiger partial charge < -0.3 is 25.2 Å². The van der Waals surface area contributed by atoms with E-state index in [-0.39, 0.29) is 12.8 Å². The summed E-state index contributed by atoms with van der Waals surface area (Å²) in [4.78, 5) is 45.5. The number of rotatable bonds is 38. The average molecular weight is 772 g/mol. The van der Waals surface area contributed by atoms with Crippen LogP contribution in [0.15, 0.2) is 36.5 Å². The lowest BCUT2D eigenvalue weighted by molar-refractivity contribution is -0.147. The van der Waals surface area contributed by atoms with Crippen LogP contribution < -0.4 is 5.32 Å². The van der Waals surface area contributed by atoms with Crippen LogP contribution in [0.3, 0.4) is 0 Å². The molecule has 3 unspecified atom stereocenters. The van der Waals surface area contributed by atoms with Crippen LogP contribution in [0.1, 0.15) is 174 Å². The summed E-state index contributed by atoms with van der Waals surface area (Å²) in [5.74, 6) is -2.39. The van der Waals surface area contributed by atoms with Gasteiger partial charge in [-0.1, -0.05) is 147 Å². The quantitative estimate of drug-likeness (QED) is 0.0205. The summed E-state index contributed by atoms with van der Waals surface area (Å²) in [6.07, 6.45) is 38.0. The number of phosphoric ester groups is 1. The van der Waals surface area contributed by atoms with E-state index in [1.54, 1.807) is 0 Å². The first kappa shape index (κ1) is 50.7. The molecule has 0 heterocycles. The van der Waals surface area contributed by atoms with Crippen molar-refractivity contribution in [2.24, 2.45) is 0 Å². The number of carbonyl (C=O) groups excluding carboxylic acids is 2. The van der Waals surface area contributed by atoms with Crippen molar-refractivity contribution in [3.63, 3.8) is 0 Å². The number of aliphatic carboxylic acids is 1. The molecule has 0 aliphatic heterocycles. The molecule has 1 amide bonds. The van der Waals surface area contributed by atoms with E-state index in [0.717, 1.165) is 70.6 Å². The van der Waals surface area contributed by atoms with Crippen LogP contribution in [0.4, 0.5) is 0 Å². The zero-order valence-electron chi connectivity index (χ0n) is 33.1. The molecule has 0 aromatic rings. The summed E-state index contributed by atoms with van der Waals surface area (Å²) < 4.78 is 26.6. The molecule has 0 aromatic carbocycles. The zero-order chi connectivity index (χ0) is 39.3. The molecule has 0 bridgehead atoms. The van der Waals surface area contributed by atoms with Gasteiger partial charge in [0.05, 0.1) is 13.2 Å². The number of carboxylic acids is 1. The van der Waals surface area contributed by atoms with E-state index in [1.807, 2.05) is 0 Å². The van der Waals surface area contributed by atoms with Gasteiger partial charge in [-0.3, -0.25) is 18.6 Å². The van der Waals surface area contributed by atoms with E-state index in [4.69, 9.17) is 13.8 Å². The highest BCUT2D eigenvalue weighted by Crippen LogP contribution is 2.43. The number of hydrogen-bond donors (Lipinski definition) is 4. The van der Waals surface area contributed by atoms with Gasteiger partial charge in [-0.05, 0) is 51.4 Å². The van der Waals surface area contributed by atoms with Gasteiger partial charge >= 0.3 is 19.8 Å². The predicted octanol–water partition coefficient (Wildman–Crippen LogP) is 10.1. The standard InChI is InChI=1S/C41H74NO10P/c1-3-5-7-9-11-12-13-14-15-16-17-18-19-20-21-22-23-24-25-26-27-29-31-33-40(45)50-34-37(43)35-51-53(48,49)52-36-38(41(46)47)42-39(44)32-30-28-10-8-6-4-2/h11-12,14-15,17-18,37-38,43H,3-10,13,16,19-36H2,1-2H3,(H,42,44)(H,46,47)(H,48,49)/b12-11-,15-14-,18-17-. The molecule has 0 aromatic heterocycles. The first-order valence-electron chi connectivity index (χ1n) is 20.5. The van der Waals surface area contributed by atoms with Gasteiger partial charge in [-0.25, -0.2) is 9.36 Å². The SMILES string of the molecule is CCCCC/C=C\C/C=C\C/C=C\CCCCCCCCCCCCC(=O)OCC(O)COP(=O)(O)OCC(NC(=O)CCCCCCCC)C(=O)O. The van der Waals surface area contributed by atoms with Crippen molar-refractivity contribution in [2.75, 3.05) is 19.8 Å². The van der Waals surface area contributed by atoms with Crippen molar-refractivity contribution < 1.29 is 47.8 Å². The summed E-state index contributed by atoms with van der Waals surface area (Å²) >= 11 is 0. The summed E-state index contributed by atoms with van der Waals surface area (Å²) in [6.45, 7) is 2.45. The molecule has 11 nitrogen and oxygen atoms in total. The van der Waals surface area contributed by atoms with Crippen molar-refractivity contribution >= 4 is 25.7 Å². The van der Waals surface area contributed by atoms with Crippen molar-refractivity contribution in [1.29, 1.82) is 0 Å². The maximum atomic E-state index is 12.2. The first-order valence-corrected chi connectivity index (χ1v) is 22.0. The van der Waals surface area contributed by atoms with E-state index < -0.39 is 57.6 Å². The zero-order valence-corrected chi connectivity index (χ0v) is 34.0. The highest BCUT2D eigenvalue weighted by molar-refractivity contribution is 7.47. The molecule has 0 aliphatic rings. The Balaban J connectivity index is 3.79. The van der Waals surface area contributed by atoms with Gasteiger partial charge in [0.1, 0.15) is 12.7 Å². The second-order valence-electron chi connectivity index (χ2n) is 13.8. The van der Waals surface area contributed by atoms with Crippen LogP contribution in [0.5, 0.6) is 0 Å². The second-order valence-corrected chi connectivity index (χ2v) is 15.3. The van der Waals surface area contributed by atoms with Gasteiger partial charge in [0.2, 0.25) is 5.91 Å². The van der Waals surface area contributed by atoms with Gasteiger partial charge in [-0.15, -0.1) is 0 Å². The summed E-state index contributed by atoms with van der Waals surface area (Å²) in [5, 5.41) is 21.6. The summed E-state index contributed by atoms with van der Waals surface area (Å²) in [7, 11) is -4.74. The van der Waals surface area contributed by atoms with Crippen molar-refractivity contribution in [2.45, 2.75) is 187 Å². The molecule has 0 saturated heterocycles. The van der Waals surface area contributed by atoms with Crippen LogP contribution in [0.25, 0.3) is 0 Å². The number of carbonyl (C=O) groups is 3. The third kappa shape index (κ3) is 36.4. The van der Waals surface area contributed by atoms with E-state index >= 15 is 0 Å². The lowest BCUT2D eigenvalue weighted by Gasteiger charge is -2.18. The van der Waals surface area contributed by atoms with E-state index in [1.165, 1.54) is 64.2 Å². The number of aliphatic hydroxyl groups excluding tert-OH is 1. The maximum absolute atomic E-state index is 12.2. The number of allylic oxidation sites excluding steroid dienone is 6. The third-order valence-electron chi connectivity index (χ3n) is 8.68. The Kier molecular flexibility index (Phi) is 35.1. The Labute approximate surface area is 321 Å². The fraction of sp³-hybridized carbons (Fsp3) is 0.780. The molecule has 3 atom stereocenters. The minimum absolute atomic E-state index is 0.143. The first-order chi connectivity index (χ1) is 25.6. The van der Waals surface area contributed by atoms with Gasteiger partial charge in [0, 0.05) is 12.8 Å². The van der Waals surface area contributed by atoms with Gasteiger partial charge in [0.25, 0.3) is 0 Å².